The van der Waals surface area contributed by atoms with Gasteiger partial charge in [-0.25, -0.2) is 8.42 Å². The van der Waals surface area contributed by atoms with E-state index < -0.39 is 25.3 Å². The molecule has 2 N–H and O–H groups in total. The number of nitrogens with zero attached hydrogens (tertiary/aromatic N) is 1. The fourth-order valence-electron chi connectivity index (χ4n) is 2.22. The minimum Gasteiger partial charge on any atom is -0.375 e. The van der Waals surface area contributed by atoms with Crippen LogP contribution in [0.2, 0.25) is 0 Å². The Morgan fingerprint density at radius 3 is 2.38 bits per heavy atom. The van der Waals surface area contributed by atoms with Gasteiger partial charge in [-0.15, -0.1) is 6.58 Å². The molecule has 0 fully saturated rings. The van der Waals surface area contributed by atoms with Crippen molar-refractivity contribution < 1.29 is 18.1 Å². The standard InChI is InChI=1S/C17H17N3O5S/c1-2-11-18-17(21)12-19-13-7-3-5-9-15(13)26(24,25)16-10-6-4-8-14(16)20(22)23/h2-10,19H,1,11-12H2,(H,18,21). The summed E-state index contributed by atoms with van der Waals surface area (Å²) in [7, 11) is -4.16. The van der Waals surface area contributed by atoms with Crippen LogP contribution in [0.25, 0.3) is 0 Å². The summed E-state index contributed by atoms with van der Waals surface area (Å²) in [6.45, 7) is 3.62. The van der Waals surface area contributed by atoms with Crippen LogP contribution in [-0.2, 0) is 14.6 Å². The van der Waals surface area contributed by atoms with Gasteiger partial charge in [0.1, 0.15) is 4.90 Å². The highest BCUT2D eigenvalue weighted by atomic mass is 32.2. The summed E-state index contributed by atoms with van der Waals surface area (Å²) in [5.74, 6) is -0.345. The van der Waals surface area contributed by atoms with Crippen molar-refractivity contribution in [3.05, 3.63) is 71.3 Å². The first kappa shape index (κ1) is 19.1. The number of sulfone groups is 1. The van der Waals surface area contributed by atoms with Crippen LogP contribution in [0.1, 0.15) is 0 Å². The number of hydrogen-bond acceptors (Lipinski definition) is 6. The number of benzene rings is 2. The molecule has 8 nitrogen and oxygen atoms in total. The van der Waals surface area contributed by atoms with Crippen LogP contribution in [-0.4, -0.2) is 32.3 Å². The fraction of sp³-hybridized carbons (Fsp3) is 0.118. The van der Waals surface area contributed by atoms with E-state index in [4.69, 9.17) is 0 Å². The Balaban J connectivity index is 2.38. The summed E-state index contributed by atoms with van der Waals surface area (Å²) in [6.07, 6.45) is 1.52. The van der Waals surface area contributed by atoms with E-state index in [9.17, 15) is 23.3 Å². The van der Waals surface area contributed by atoms with E-state index in [0.717, 1.165) is 6.07 Å². The summed E-state index contributed by atoms with van der Waals surface area (Å²) >= 11 is 0. The number of para-hydroxylation sites is 2. The van der Waals surface area contributed by atoms with Crippen molar-refractivity contribution in [1.82, 2.24) is 5.32 Å². The average molecular weight is 375 g/mol. The molecule has 0 aliphatic heterocycles. The highest BCUT2D eigenvalue weighted by Crippen LogP contribution is 2.32. The molecule has 136 valence electrons. The zero-order valence-electron chi connectivity index (χ0n) is 13.7. The number of amides is 1. The third-order valence-electron chi connectivity index (χ3n) is 3.41. The van der Waals surface area contributed by atoms with E-state index in [1.807, 2.05) is 0 Å². The monoisotopic (exact) mass is 375 g/mol. The van der Waals surface area contributed by atoms with Crippen LogP contribution >= 0.6 is 0 Å². The number of anilines is 1. The number of hydrogen-bond donors (Lipinski definition) is 2. The molecule has 2 aromatic rings. The predicted molar refractivity (Wildman–Crippen MR) is 96.7 cm³/mol. The van der Waals surface area contributed by atoms with Crippen molar-refractivity contribution in [2.24, 2.45) is 0 Å². The first-order valence-corrected chi connectivity index (χ1v) is 9.05. The molecular formula is C17H17N3O5S. The lowest BCUT2D eigenvalue weighted by Gasteiger charge is -2.12. The molecule has 2 rings (SSSR count). The lowest BCUT2D eigenvalue weighted by Crippen LogP contribution is -2.30. The molecular weight excluding hydrogens is 358 g/mol. The van der Waals surface area contributed by atoms with E-state index in [-0.39, 0.29) is 29.6 Å². The summed E-state index contributed by atoms with van der Waals surface area (Å²) in [5.41, 5.74) is -0.328. The largest absolute Gasteiger partial charge is 0.375 e. The smallest absolute Gasteiger partial charge is 0.288 e. The molecule has 0 atom stereocenters. The molecule has 9 heteroatoms. The van der Waals surface area contributed by atoms with Gasteiger partial charge >= 0.3 is 0 Å². The molecule has 0 aliphatic carbocycles. The second-order valence-corrected chi connectivity index (χ2v) is 7.06. The van der Waals surface area contributed by atoms with Crippen LogP contribution in [0.5, 0.6) is 0 Å². The van der Waals surface area contributed by atoms with Gasteiger partial charge in [0.05, 0.1) is 22.1 Å². The molecule has 0 spiro atoms. The van der Waals surface area contributed by atoms with Crippen molar-refractivity contribution in [2.75, 3.05) is 18.4 Å². The van der Waals surface area contributed by atoms with Gasteiger partial charge in [-0.05, 0) is 18.2 Å². The van der Waals surface area contributed by atoms with Crippen molar-refractivity contribution in [3.8, 4) is 0 Å². The second-order valence-electron chi connectivity index (χ2n) is 5.17. The first-order chi connectivity index (χ1) is 12.4. The zero-order chi connectivity index (χ0) is 19.2. The minimum absolute atomic E-state index is 0.147. The Labute approximate surface area is 150 Å². The van der Waals surface area contributed by atoms with E-state index in [1.165, 1.54) is 42.5 Å². The number of carbonyl (C=O) groups is 1. The Hall–Kier alpha value is -3.20. The Kier molecular flexibility index (Phi) is 6.07. The number of rotatable bonds is 8. The molecule has 0 bridgehead atoms. The maximum absolute atomic E-state index is 12.9. The second kappa shape index (κ2) is 8.26. The number of nitro benzene ring substituents is 1. The number of nitro groups is 1. The lowest BCUT2D eigenvalue weighted by atomic mass is 10.3. The van der Waals surface area contributed by atoms with E-state index >= 15 is 0 Å². The van der Waals surface area contributed by atoms with Gasteiger partial charge in [0.15, 0.2) is 0 Å². The van der Waals surface area contributed by atoms with Crippen molar-refractivity contribution in [1.29, 1.82) is 0 Å². The topological polar surface area (TPSA) is 118 Å². The minimum atomic E-state index is -4.16. The summed E-state index contributed by atoms with van der Waals surface area (Å²) in [6, 6.07) is 11.0. The predicted octanol–water partition coefficient (Wildman–Crippen LogP) is 2.14. The maximum Gasteiger partial charge on any atom is 0.288 e. The van der Waals surface area contributed by atoms with Crippen molar-refractivity contribution >= 4 is 27.1 Å². The summed E-state index contributed by atoms with van der Waals surface area (Å²) < 4.78 is 25.9. The first-order valence-electron chi connectivity index (χ1n) is 7.57. The van der Waals surface area contributed by atoms with Gasteiger partial charge < -0.3 is 10.6 Å². The number of carbonyl (C=O) groups excluding carboxylic acids is 1. The molecule has 2 aromatic carbocycles. The van der Waals surface area contributed by atoms with Gasteiger partial charge in [-0.1, -0.05) is 30.3 Å². The number of nitrogens with one attached hydrogen (secondary N) is 2. The SMILES string of the molecule is C=CCNC(=O)CNc1ccccc1S(=O)(=O)c1ccccc1[N+](=O)[O-]. The summed E-state index contributed by atoms with van der Waals surface area (Å²) in [4.78, 5) is 21.6. The molecule has 0 saturated carbocycles. The molecule has 0 aromatic heterocycles. The molecule has 0 saturated heterocycles. The summed E-state index contributed by atoms with van der Waals surface area (Å²) in [5, 5.41) is 16.5. The molecule has 0 aliphatic rings. The van der Waals surface area contributed by atoms with E-state index in [0.29, 0.717) is 0 Å². The molecule has 26 heavy (non-hydrogen) atoms. The molecule has 1 amide bonds. The van der Waals surface area contributed by atoms with E-state index in [2.05, 4.69) is 17.2 Å². The van der Waals surface area contributed by atoms with Crippen LogP contribution in [0, 0.1) is 10.1 Å². The fourth-order valence-corrected chi connectivity index (χ4v) is 3.82. The highest BCUT2D eigenvalue weighted by molar-refractivity contribution is 7.91. The van der Waals surface area contributed by atoms with Crippen LogP contribution in [0.3, 0.4) is 0 Å². The normalized spacial score (nSPS) is 10.8. The molecule has 0 radical (unpaired) electrons. The zero-order valence-corrected chi connectivity index (χ0v) is 14.5. The van der Waals surface area contributed by atoms with Gasteiger partial charge in [0.2, 0.25) is 15.7 Å². The third-order valence-corrected chi connectivity index (χ3v) is 5.27. The van der Waals surface area contributed by atoms with Gasteiger partial charge in [-0.2, -0.15) is 0 Å². The van der Waals surface area contributed by atoms with Crippen molar-refractivity contribution in [3.63, 3.8) is 0 Å². The average Bonchev–Trinajstić information content (AvgIpc) is 2.64. The Morgan fingerprint density at radius 2 is 1.73 bits per heavy atom. The quantitative estimate of drug-likeness (QED) is 0.414. The van der Waals surface area contributed by atoms with Gasteiger partial charge in [-0.3, -0.25) is 14.9 Å². The molecule has 0 heterocycles. The van der Waals surface area contributed by atoms with Crippen LogP contribution in [0.4, 0.5) is 11.4 Å². The Bertz CT molecular complexity index is 941. The molecule has 0 unspecified atom stereocenters. The highest BCUT2D eigenvalue weighted by Gasteiger charge is 2.28. The van der Waals surface area contributed by atoms with Gasteiger partial charge in [0.25, 0.3) is 5.69 Å². The maximum atomic E-state index is 12.9. The lowest BCUT2D eigenvalue weighted by molar-refractivity contribution is -0.387. The van der Waals surface area contributed by atoms with Crippen LogP contribution < -0.4 is 10.6 Å². The van der Waals surface area contributed by atoms with Gasteiger partial charge in [0, 0.05) is 12.6 Å². The Morgan fingerprint density at radius 1 is 1.12 bits per heavy atom. The van der Waals surface area contributed by atoms with Crippen molar-refractivity contribution in [2.45, 2.75) is 9.79 Å². The third kappa shape index (κ3) is 4.25. The van der Waals surface area contributed by atoms with Crippen LogP contribution in [0.15, 0.2) is 71.0 Å². The van der Waals surface area contributed by atoms with E-state index in [1.54, 1.807) is 6.07 Å².